The third-order valence-corrected chi connectivity index (χ3v) is 1.62. The zero-order valence-electron chi connectivity index (χ0n) is 6.99. The van der Waals surface area contributed by atoms with Crippen molar-refractivity contribution >= 4 is 12.0 Å². The van der Waals surface area contributed by atoms with Crippen LogP contribution in [0.4, 0.5) is 18.9 Å². The van der Waals surface area contributed by atoms with Gasteiger partial charge in [0.05, 0.1) is 10.5 Å². The lowest BCUT2D eigenvalue weighted by atomic mass is 10.1. The highest BCUT2D eigenvalue weighted by Gasteiger charge is 2.27. The molecule has 0 spiro atoms. The normalized spacial score (nSPS) is 10.4. The lowest BCUT2D eigenvalue weighted by Crippen LogP contribution is -2.05. The molecule has 0 unspecified atom stereocenters. The maximum Gasteiger partial charge on any atom is 0.298 e. The summed E-state index contributed by atoms with van der Waals surface area (Å²) in [6.07, 6.45) is -3.10. The Morgan fingerprint density at radius 2 is 2.13 bits per heavy atom. The fourth-order valence-corrected chi connectivity index (χ4v) is 0.983. The molecule has 0 aliphatic carbocycles. The Balaban J connectivity index is 3.54. The predicted molar refractivity (Wildman–Crippen MR) is 41.2 cm³/mol. The van der Waals surface area contributed by atoms with Crippen LogP contribution in [0.1, 0.15) is 22.3 Å². The molecule has 0 aromatic carbocycles. The summed E-state index contributed by atoms with van der Waals surface area (Å²) in [5.41, 5.74) is -3.27. The standard InChI is InChI=1S/C7H3F3N2O3/c8-6(9)5-3(2-13)4(12(14)15)1-11-7(5)10/h1-2,6H. The molecular formula is C7H3F3N2O3. The number of halogens is 3. The van der Waals surface area contributed by atoms with Crippen LogP contribution in [0.5, 0.6) is 0 Å². The summed E-state index contributed by atoms with van der Waals surface area (Å²) >= 11 is 0. The molecule has 15 heavy (non-hydrogen) atoms. The third kappa shape index (κ3) is 1.92. The summed E-state index contributed by atoms with van der Waals surface area (Å²) in [4.78, 5) is 22.4. The van der Waals surface area contributed by atoms with E-state index in [1.165, 1.54) is 0 Å². The van der Waals surface area contributed by atoms with Gasteiger partial charge in [-0.15, -0.1) is 0 Å². The van der Waals surface area contributed by atoms with Gasteiger partial charge in [0.1, 0.15) is 11.8 Å². The lowest BCUT2D eigenvalue weighted by Gasteiger charge is -2.04. The third-order valence-electron chi connectivity index (χ3n) is 1.62. The Morgan fingerprint density at radius 1 is 1.53 bits per heavy atom. The number of nitro groups is 1. The summed E-state index contributed by atoms with van der Waals surface area (Å²) in [5, 5.41) is 10.3. The first-order chi connectivity index (χ1) is 6.99. The van der Waals surface area contributed by atoms with Gasteiger partial charge in [-0.2, -0.15) is 4.39 Å². The van der Waals surface area contributed by atoms with E-state index in [0.717, 1.165) is 0 Å². The summed E-state index contributed by atoms with van der Waals surface area (Å²) < 4.78 is 37.3. The molecular weight excluding hydrogens is 217 g/mol. The van der Waals surface area contributed by atoms with Crippen molar-refractivity contribution in [2.45, 2.75) is 6.43 Å². The van der Waals surface area contributed by atoms with Crippen LogP contribution < -0.4 is 0 Å². The van der Waals surface area contributed by atoms with Gasteiger partial charge in [-0.1, -0.05) is 0 Å². The summed E-state index contributed by atoms with van der Waals surface area (Å²) in [7, 11) is 0. The van der Waals surface area contributed by atoms with Gasteiger partial charge in [0.25, 0.3) is 12.1 Å². The number of hydrogen-bond acceptors (Lipinski definition) is 4. The van der Waals surface area contributed by atoms with Crippen molar-refractivity contribution in [3.05, 3.63) is 33.4 Å². The maximum absolute atomic E-state index is 12.8. The largest absolute Gasteiger partial charge is 0.298 e. The van der Waals surface area contributed by atoms with Crippen LogP contribution in [0.25, 0.3) is 0 Å². The Hall–Kier alpha value is -1.99. The zero-order valence-corrected chi connectivity index (χ0v) is 6.99. The van der Waals surface area contributed by atoms with Crippen LogP contribution in [0.3, 0.4) is 0 Å². The average Bonchev–Trinajstić information content (AvgIpc) is 2.15. The summed E-state index contributed by atoms with van der Waals surface area (Å²) in [5.74, 6) is -1.59. The predicted octanol–water partition coefficient (Wildman–Crippen LogP) is 1.88. The fraction of sp³-hybridized carbons (Fsp3) is 0.143. The SMILES string of the molecule is O=Cc1c([N+](=O)[O-])cnc(F)c1C(F)F. The highest BCUT2D eigenvalue weighted by Crippen LogP contribution is 2.29. The van der Waals surface area contributed by atoms with Gasteiger partial charge >= 0.3 is 0 Å². The van der Waals surface area contributed by atoms with E-state index in [1.807, 2.05) is 0 Å². The first kappa shape index (κ1) is 11.1. The van der Waals surface area contributed by atoms with Crippen molar-refractivity contribution < 1.29 is 22.9 Å². The zero-order chi connectivity index (χ0) is 11.6. The second-order valence-electron chi connectivity index (χ2n) is 2.44. The molecule has 0 amide bonds. The molecule has 0 aliphatic heterocycles. The van der Waals surface area contributed by atoms with Gasteiger partial charge < -0.3 is 0 Å². The van der Waals surface area contributed by atoms with Crippen LogP contribution >= 0.6 is 0 Å². The minimum atomic E-state index is -3.34. The Morgan fingerprint density at radius 3 is 2.53 bits per heavy atom. The van der Waals surface area contributed by atoms with Gasteiger partial charge in [0.15, 0.2) is 6.29 Å². The van der Waals surface area contributed by atoms with E-state index >= 15 is 0 Å². The van der Waals surface area contributed by atoms with Crippen LogP contribution in [0, 0.1) is 16.1 Å². The molecule has 0 atom stereocenters. The van der Waals surface area contributed by atoms with E-state index in [0.29, 0.717) is 6.20 Å². The van der Waals surface area contributed by atoms with E-state index in [4.69, 9.17) is 0 Å². The van der Waals surface area contributed by atoms with Crippen molar-refractivity contribution in [1.82, 2.24) is 4.98 Å². The summed E-state index contributed by atoms with van der Waals surface area (Å²) in [6, 6.07) is 0. The second kappa shape index (κ2) is 4.03. The van der Waals surface area contributed by atoms with Gasteiger partial charge in [-0.3, -0.25) is 14.9 Å². The highest BCUT2D eigenvalue weighted by molar-refractivity contribution is 5.83. The first-order valence-corrected chi connectivity index (χ1v) is 3.55. The fourth-order valence-electron chi connectivity index (χ4n) is 0.983. The first-order valence-electron chi connectivity index (χ1n) is 3.55. The Bertz CT molecular complexity index is 422. The minimum Gasteiger partial charge on any atom is -0.298 e. The number of rotatable bonds is 3. The molecule has 0 fully saturated rings. The topological polar surface area (TPSA) is 73.1 Å². The molecule has 80 valence electrons. The Labute approximate surface area is 80.7 Å². The van der Waals surface area contributed by atoms with Crippen molar-refractivity contribution in [1.29, 1.82) is 0 Å². The van der Waals surface area contributed by atoms with Crippen LogP contribution in [-0.2, 0) is 0 Å². The van der Waals surface area contributed by atoms with E-state index in [1.54, 1.807) is 0 Å². The van der Waals surface area contributed by atoms with Crippen LogP contribution in [-0.4, -0.2) is 16.2 Å². The van der Waals surface area contributed by atoms with Gasteiger partial charge in [0.2, 0.25) is 5.95 Å². The number of pyridine rings is 1. The Kier molecular flexibility index (Phi) is 2.98. The van der Waals surface area contributed by atoms with Crippen molar-refractivity contribution in [2.75, 3.05) is 0 Å². The molecule has 0 bridgehead atoms. The smallest absolute Gasteiger partial charge is 0.298 e. The van der Waals surface area contributed by atoms with Crippen molar-refractivity contribution in [2.24, 2.45) is 0 Å². The van der Waals surface area contributed by atoms with Crippen molar-refractivity contribution in [3.8, 4) is 0 Å². The molecule has 1 heterocycles. The van der Waals surface area contributed by atoms with Gasteiger partial charge in [-0.05, 0) is 0 Å². The molecule has 8 heteroatoms. The maximum atomic E-state index is 12.8. The molecule has 0 radical (unpaired) electrons. The number of aldehydes is 1. The number of aromatic nitrogens is 1. The van der Waals surface area contributed by atoms with E-state index < -0.39 is 34.1 Å². The van der Waals surface area contributed by atoms with E-state index in [-0.39, 0.29) is 6.29 Å². The number of carbonyl (C=O) groups is 1. The minimum absolute atomic E-state index is 0.190. The quantitative estimate of drug-likeness (QED) is 0.337. The molecule has 1 rings (SSSR count). The monoisotopic (exact) mass is 220 g/mol. The number of hydrogen-bond donors (Lipinski definition) is 0. The molecule has 0 saturated heterocycles. The molecule has 0 N–H and O–H groups in total. The highest BCUT2D eigenvalue weighted by atomic mass is 19.3. The van der Waals surface area contributed by atoms with Gasteiger partial charge in [-0.25, -0.2) is 13.8 Å². The van der Waals surface area contributed by atoms with Crippen LogP contribution in [0.2, 0.25) is 0 Å². The number of nitrogens with zero attached hydrogens (tertiary/aromatic N) is 2. The average molecular weight is 220 g/mol. The number of carbonyl (C=O) groups excluding carboxylic acids is 1. The molecule has 0 saturated carbocycles. The number of alkyl halides is 2. The summed E-state index contributed by atoms with van der Waals surface area (Å²) in [6.45, 7) is 0. The molecule has 5 nitrogen and oxygen atoms in total. The van der Waals surface area contributed by atoms with Crippen LogP contribution in [0.15, 0.2) is 6.20 Å². The van der Waals surface area contributed by atoms with Crippen molar-refractivity contribution in [3.63, 3.8) is 0 Å². The second-order valence-corrected chi connectivity index (χ2v) is 2.44. The van der Waals surface area contributed by atoms with E-state index in [9.17, 15) is 28.1 Å². The molecule has 0 aliphatic rings. The van der Waals surface area contributed by atoms with E-state index in [2.05, 4.69) is 4.98 Å². The molecule has 1 aromatic heterocycles. The van der Waals surface area contributed by atoms with Gasteiger partial charge in [0, 0.05) is 0 Å². The lowest BCUT2D eigenvalue weighted by molar-refractivity contribution is -0.385. The molecule has 1 aromatic rings.